The highest BCUT2D eigenvalue weighted by Gasteiger charge is 2.40. The smallest absolute Gasteiger partial charge is 0.407 e. The lowest BCUT2D eigenvalue weighted by molar-refractivity contribution is -0.148. The molecule has 31 heteroatoms. The van der Waals surface area contributed by atoms with E-state index in [9.17, 15) is 24.0 Å². The van der Waals surface area contributed by atoms with E-state index in [2.05, 4.69) is 31.9 Å². The van der Waals surface area contributed by atoms with Crippen LogP contribution in [0, 0.1) is 23.7 Å². The zero-order chi connectivity index (χ0) is 85.1. The van der Waals surface area contributed by atoms with Gasteiger partial charge in [0.1, 0.15) is 58.5 Å². The number of carbonyl (C=O) groups is 7. The Kier molecular flexibility index (Phi) is 40.9. The molecule has 4 fully saturated rings. The zero-order valence-corrected chi connectivity index (χ0v) is 71.2. The normalized spacial score (nSPS) is 23.6. The van der Waals surface area contributed by atoms with Gasteiger partial charge >= 0.3 is 12.1 Å². The molecular formula is C90H130N6O25. The molecule has 0 bridgehead atoms. The maximum absolute atomic E-state index is 15.2. The van der Waals surface area contributed by atoms with Gasteiger partial charge in [0.2, 0.25) is 29.5 Å². The van der Waals surface area contributed by atoms with Gasteiger partial charge in [-0.1, -0.05) is 87.8 Å². The summed E-state index contributed by atoms with van der Waals surface area (Å²) in [5.41, 5.74) is 0.679. The van der Waals surface area contributed by atoms with Gasteiger partial charge in [-0.2, -0.15) is 0 Å². The molecule has 2 heterocycles. The summed E-state index contributed by atoms with van der Waals surface area (Å²) in [5, 5.41) is 19.2. The number of ether oxygens (including phenoxy) is 18. The molecule has 10 rings (SSSR count). The summed E-state index contributed by atoms with van der Waals surface area (Å²) in [6.07, 6.45) is 9.75. The highest BCUT2D eigenvalue weighted by Crippen LogP contribution is 2.36. The van der Waals surface area contributed by atoms with Crippen molar-refractivity contribution in [2.75, 3.05) is 166 Å². The van der Waals surface area contributed by atoms with Crippen molar-refractivity contribution in [1.29, 1.82) is 0 Å². The van der Waals surface area contributed by atoms with Gasteiger partial charge in [0.05, 0.1) is 136 Å². The first-order chi connectivity index (χ1) is 59.0. The molecule has 0 unspecified atom stereocenters. The van der Waals surface area contributed by atoms with E-state index in [4.69, 9.17) is 85.3 Å². The average Bonchev–Trinajstić information content (AvgIpc) is 0.824. The Hall–Kier alpha value is -8.95. The van der Waals surface area contributed by atoms with Gasteiger partial charge in [0.25, 0.3) is 0 Å². The third-order valence-electron chi connectivity index (χ3n) is 21.9. The van der Waals surface area contributed by atoms with Gasteiger partial charge in [-0.05, 0) is 145 Å². The lowest BCUT2D eigenvalue weighted by atomic mass is 9.81. The summed E-state index contributed by atoms with van der Waals surface area (Å²) < 4.78 is 106. The van der Waals surface area contributed by atoms with Crippen molar-refractivity contribution < 1.29 is 119 Å². The maximum Gasteiger partial charge on any atom is 0.407 e. The second-order valence-electron chi connectivity index (χ2n) is 32.2. The summed E-state index contributed by atoms with van der Waals surface area (Å²) in [4.78, 5) is 101. The average molecular weight is 1700 g/mol. The van der Waals surface area contributed by atoms with Crippen LogP contribution in [0.15, 0.2) is 84.9 Å². The second kappa shape index (κ2) is 52.5. The fraction of sp³-hybridized carbons (Fsp3) is 0.656. The molecular weight excluding hydrogens is 1570 g/mol. The molecule has 121 heavy (non-hydrogen) atoms. The van der Waals surface area contributed by atoms with Gasteiger partial charge in [0.15, 0.2) is 46.0 Å². The molecule has 4 aromatic carbocycles. The number of esters is 1. The number of nitrogens with one attached hydrogen (secondary N) is 6. The minimum atomic E-state index is -0.787. The second-order valence-corrected chi connectivity index (χ2v) is 32.2. The number of benzene rings is 4. The number of carbonyl (C=O) groups excluding carboxylic acids is 7. The number of alkyl carbamates (subject to hydrolysis) is 1. The Balaban J connectivity index is 0.807. The van der Waals surface area contributed by atoms with Crippen LogP contribution in [0.3, 0.4) is 0 Å². The summed E-state index contributed by atoms with van der Waals surface area (Å²) in [6, 6.07) is 22.1. The van der Waals surface area contributed by atoms with E-state index >= 15 is 9.59 Å². The number of para-hydroxylation sites is 4. The van der Waals surface area contributed by atoms with Crippen LogP contribution < -0.4 is 69.8 Å². The summed E-state index contributed by atoms with van der Waals surface area (Å²) >= 11 is 0. The van der Waals surface area contributed by atoms with E-state index in [1.54, 1.807) is 32.9 Å². The minimum absolute atomic E-state index is 0.138. The number of hydrogen-bond acceptors (Lipinski definition) is 25. The molecule has 0 spiro atoms. The van der Waals surface area contributed by atoms with Crippen molar-refractivity contribution in [1.82, 2.24) is 31.9 Å². The molecule has 6 amide bonds. The molecule has 4 aliphatic carbocycles. The summed E-state index contributed by atoms with van der Waals surface area (Å²) in [7, 11) is 1.35. The van der Waals surface area contributed by atoms with Gasteiger partial charge in [-0.15, -0.1) is 0 Å². The van der Waals surface area contributed by atoms with Crippen molar-refractivity contribution in [3.63, 3.8) is 0 Å². The van der Waals surface area contributed by atoms with Crippen LogP contribution in [-0.4, -0.2) is 249 Å². The standard InChI is InChI=1S/C90H130N6O25/c1-90(2,3)121-89(103)96-73-23-11-7-19-69(73)86(100)92-65(57-63-29-31-79-81(59-63)119-55-47-111-39-37-107-43-51-115-77-27-15-13-25-75(77)113-49-41-105-33-35-109-45-53-117-79)61-83(97)93-71-21-9-5-17-67(71)87(101)95-72-22-10-6-18-68(72)85(99)91-66(62-84(98)94-74-24-12-8-20-70(74)88(102)104-4)58-64-30-32-80-82(60-64)120-56-48-112-40-38-108-44-52-116-78-28-16-14-26-76(78)114-50-42-106-34-36-110-46-54-118-80/h13-16,25-32,59-60,65-74H,5-12,17-24,33-58,61-62H2,1-4H3,(H,91,99)(H,92,100)(H,93,97)(H,94,98)(H,95,101)(H,96,103)/t65-,66-,67-,68-,69-,70-,71-,72-,73-,74-/m0/s1. The highest BCUT2D eigenvalue weighted by atomic mass is 16.6. The van der Waals surface area contributed by atoms with E-state index in [1.165, 1.54) is 7.11 Å². The molecule has 0 aromatic heterocycles. The van der Waals surface area contributed by atoms with Crippen molar-refractivity contribution in [3.8, 4) is 46.0 Å². The lowest BCUT2D eigenvalue weighted by Crippen LogP contribution is -2.55. The Morgan fingerprint density at radius 1 is 0.331 bits per heavy atom. The summed E-state index contributed by atoms with van der Waals surface area (Å²) in [6.45, 7) is 12.1. The highest BCUT2D eigenvalue weighted by molar-refractivity contribution is 5.86. The Morgan fingerprint density at radius 2 is 0.603 bits per heavy atom. The predicted molar refractivity (Wildman–Crippen MR) is 446 cm³/mol. The molecule has 0 radical (unpaired) electrons. The Bertz CT molecular complexity index is 3790. The largest absolute Gasteiger partial charge is 0.487 e. The number of rotatable bonds is 18. The number of amides is 6. The van der Waals surface area contributed by atoms with Crippen molar-refractivity contribution in [3.05, 3.63) is 96.1 Å². The van der Waals surface area contributed by atoms with Gasteiger partial charge in [0, 0.05) is 49.1 Å². The molecule has 6 N–H and O–H groups in total. The fourth-order valence-electron chi connectivity index (χ4n) is 16.0. The zero-order valence-electron chi connectivity index (χ0n) is 71.2. The molecule has 4 saturated carbocycles. The van der Waals surface area contributed by atoms with E-state index in [0.717, 1.165) is 62.5 Å². The van der Waals surface area contributed by atoms with Crippen LogP contribution in [0.1, 0.15) is 147 Å². The quantitative estimate of drug-likeness (QED) is 0.0505. The molecule has 10 atom stereocenters. The molecule has 31 nitrogen and oxygen atoms in total. The predicted octanol–water partition coefficient (Wildman–Crippen LogP) is 9.09. The molecule has 4 aromatic rings. The van der Waals surface area contributed by atoms with Crippen molar-refractivity contribution in [2.24, 2.45) is 23.7 Å². The number of fused-ring (bicyclic) bond motifs is 4. The van der Waals surface area contributed by atoms with Crippen molar-refractivity contribution >= 4 is 41.6 Å². The molecule has 6 aliphatic rings. The van der Waals surface area contributed by atoms with Gasteiger partial charge in [-0.25, -0.2) is 4.79 Å². The SMILES string of the molecule is COC(=O)[C@H]1CCCC[C@@H]1NC(=O)C[C@H](Cc1ccc2c(c1)OCCOCCOCCOc1ccccc1OCCOCCOCCO2)NC(=O)[C@H]1CCCC[C@@H]1NC(=O)[C@H]1CCCC[C@@H]1NC(=O)C[C@H](Cc1ccc2c(c1)OCCOCCOCCOc1ccccc1OCCOCCOCCO2)NC(=O)[C@H]1CCCC[C@@H]1NC(=O)OC(C)(C)C. The van der Waals surface area contributed by atoms with Crippen LogP contribution in [0.2, 0.25) is 0 Å². The van der Waals surface area contributed by atoms with E-state index < -0.39 is 71.6 Å². The van der Waals surface area contributed by atoms with Gasteiger partial charge < -0.3 is 117 Å². The Labute approximate surface area is 711 Å². The third kappa shape index (κ3) is 33.7. The van der Waals surface area contributed by atoms with E-state index in [0.29, 0.717) is 203 Å². The fourth-order valence-corrected chi connectivity index (χ4v) is 16.0. The number of methoxy groups -OCH3 is 1. The van der Waals surface area contributed by atoms with Crippen molar-refractivity contribution in [2.45, 2.75) is 191 Å². The Morgan fingerprint density at radius 3 is 0.934 bits per heavy atom. The third-order valence-corrected chi connectivity index (χ3v) is 21.9. The first-order valence-corrected chi connectivity index (χ1v) is 43.7. The van der Waals surface area contributed by atoms with Crippen LogP contribution in [-0.2, 0) is 89.0 Å². The first-order valence-electron chi connectivity index (χ1n) is 43.7. The van der Waals surface area contributed by atoms with E-state index in [1.807, 2.05) is 72.8 Å². The van der Waals surface area contributed by atoms with Crippen LogP contribution in [0.5, 0.6) is 46.0 Å². The lowest BCUT2D eigenvalue weighted by Gasteiger charge is -2.36. The minimum Gasteiger partial charge on any atom is -0.487 e. The topological polar surface area (TPSA) is 358 Å². The first kappa shape index (κ1) is 94.3. The van der Waals surface area contributed by atoms with Gasteiger partial charge in [-0.3, -0.25) is 28.8 Å². The van der Waals surface area contributed by atoms with Crippen LogP contribution in [0.4, 0.5) is 4.79 Å². The molecule has 2 aliphatic heterocycles. The molecule has 670 valence electrons. The maximum atomic E-state index is 15.2. The van der Waals surface area contributed by atoms with Crippen LogP contribution in [0.25, 0.3) is 0 Å². The van der Waals surface area contributed by atoms with Crippen LogP contribution >= 0.6 is 0 Å². The summed E-state index contributed by atoms with van der Waals surface area (Å²) in [5.74, 6) is -0.385. The number of hydrogen-bond donors (Lipinski definition) is 6. The molecule has 0 saturated heterocycles. The van der Waals surface area contributed by atoms with E-state index in [-0.39, 0.29) is 114 Å². The monoisotopic (exact) mass is 1690 g/mol.